The SMILES string of the molecule is CCC(N)CSCCOc1ccc2ccccc2c1. The Kier molecular flexibility index (Phi) is 5.55. The zero-order valence-corrected chi connectivity index (χ0v) is 12.2. The summed E-state index contributed by atoms with van der Waals surface area (Å²) in [6.07, 6.45) is 1.04. The molecule has 0 fully saturated rings. The number of nitrogens with two attached hydrogens (primary N) is 1. The maximum Gasteiger partial charge on any atom is 0.119 e. The Bertz CT molecular complexity index is 515. The van der Waals surface area contributed by atoms with E-state index in [1.807, 2.05) is 23.9 Å². The number of ether oxygens (including phenoxy) is 1. The van der Waals surface area contributed by atoms with Crippen molar-refractivity contribution in [2.24, 2.45) is 5.73 Å². The molecule has 2 aromatic carbocycles. The zero-order chi connectivity index (χ0) is 13.5. The molecule has 2 nitrogen and oxygen atoms in total. The smallest absolute Gasteiger partial charge is 0.119 e. The largest absolute Gasteiger partial charge is 0.493 e. The second kappa shape index (κ2) is 7.41. The van der Waals surface area contributed by atoms with E-state index < -0.39 is 0 Å². The summed E-state index contributed by atoms with van der Waals surface area (Å²) < 4.78 is 5.77. The standard InChI is InChI=1S/C16H21NOS/c1-2-15(17)12-19-10-9-18-16-8-7-13-5-3-4-6-14(13)11-16/h3-8,11,15H,2,9-10,12,17H2,1H3. The summed E-state index contributed by atoms with van der Waals surface area (Å²) in [5, 5.41) is 2.47. The second-order valence-corrected chi connectivity index (χ2v) is 5.75. The molecular weight excluding hydrogens is 254 g/mol. The van der Waals surface area contributed by atoms with Crippen molar-refractivity contribution in [2.45, 2.75) is 19.4 Å². The lowest BCUT2D eigenvalue weighted by Crippen LogP contribution is -2.21. The van der Waals surface area contributed by atoms with Crippen molar-refractivity contribution in [3.05, 3.63) is 42.5 Å². The van der Waals surface area contributed by atoms with Gasteiger partial charge in [0.05, 0.1) is 6.61 Å². The molecule has 1 unspecified atom stereocenters. The molecule has 102 valence electrons. The minimum absolute atomic E-state index is 0.311. The van der Waals surface area contributed by atoms with Crippen LogP contribution in [0.1, 0.15) is 13.3 Å². The van der Waals surface area contributed by atoms with Gasteiger partial charge in [-0.25, -0.2) is 0 Å². The maximum atomic E-state index is 5.87. The van der Waals surface area contributed by atoms with Crippen LogP contribution >= 0.6 is 11.8 Å². The van der Waals surface area contributed by atoms with Crippen LogP contribution in [0.2, 0.25) is 0 Å². The van der Waals surface area contributed by atoms with E-state index in [1.165, 1.54) is 10.8 Å². The van der Waals surface area contributed by atoms with Crippen LogP contribution in [0.4, 0.5) is 0 Å². The highest BCUT2D eigenvalue weighted by Crippen LogP contribution is 2.20. The predicted octanol–water partition coefficient (Wildman–Crippen LogP) is 3.69. The number of hydrogen-bond donors (Lipinski definition) is 1. The van der Waals surface area contributed by atoms with Crippen molar-refractivity contribution in [1.29, 1.82) is 0 Å². The minimum atomic E-state index is 0.311. The molecule has 0 amide bonds. The summed E-state index contributed by atoms with van der Waals surface area (Å²) in [7, 11) is 0. The fourth-order valence-electron chi connectivity index (χ4n) is 1.83. The summed E-state index contributed by atoms with van der Waals surface area (Å²) in [6, 6.07) is 14.9. The van der Waals surface area contributed by atoms with Gasteiger partial charge in [0.1, 0.15) is 5.75 Å². The van der Waals surface area contributed by atoms with E-state index in [-0.39, 0.29) is 0 Å². The van der Waals surface area contributed by atoms with Crippen LogP contribution in [0, 0.1) is 0 Å². The molecule has 0 radical (unpaired) electrons. The fraction of sp³-hybridized carbons (Fsp3) is 0.375. The van der Waals surface area contributed by atoms with Gasteiger partial charge in [0.15, 0.2) is 0 Å². The Hall–Kier alpha value is -1.19. The maximum absolute atomic E-state index is 5.87. The van der Waals surface area contributed by atoms with Crippen LogP contribution in [0.5, 0.6) is 5.75 Å². The number of fused-ring (bicyclic) bond motifs is 1. The van der Waals surface area contributed by atoms with Gasteiger partial charge in [-0.1, -0.05) is 37.3 Å². The molecule has 0 aliphatic rings. The lowest BCUT2D eigenvalue weighted by Gasteiger charge is -2.09. The molecular formula is C16H21NOS. The van der Waals surface area contributed by atoms with E-state index >= 15 is 0 Å². The summed E-state index contributed by atoms with van der Waals surface area (Å²) in [6.45, 7) is 2.86. The molecule has 0 aliphatic heterocycles. The van der Waals surface area contributed by atoms with E-state index in [4.69, 9.17) is 10.5 Å². The Morgan fingerprint density at radius 2 is 1.95 bits per heavy atom. The van der Waals surface area contributed by atoms with Crippen molar-refractivity contribution in [2.75, 3.05) is 18.1 Å². The molecule has 0 aliphatic carbocycles. The Labute approximate surface area is 119 Å². The quantitative estimate of drug-likeness (QED) is 0.783. The zero-order valence-electron chi connectivity index (χ0n) is 11.3. The summed E-state index contributed by atoms with van der Waals surface area (Å²) in [5.74, 6) is 2.94. The average Bonchev–Trinajstić information content (AvgIpc) is 2.46. The highest BCUT2D eigenvalue weighted by molar-refractivity contribution is 7.99. The van der Waals surface area contributed by atoms with Crippen molar-refractivity contribution >= 4 is 22.5 Å². The Morgan fingerprint density at radius 1 is 1.16 bits per heavy atom. The minimum Gasteiger partial charge on any atom is -0.493 e. The molecule has 0 heterocycles. The van der Waals surface area contributed by atoms with Crippen LogP contribution in [0.15, 0.2) is 42.5 Å². The second-order valence-electron chi connectivity index (χ2n) is 4.60. The van der Waals surface area contributed by atoms with Crippen molar-refractivity contribution in [1.82, 2.24) is 0 Å². The summed E-state index contributed by atoms with van der Waals surface area (Å²) in [5.41, 5.74) is 5.87. The van der Waals surface area contributed by atoms with Crippen LogP contribution in [0.25, 0.3) is 10.8 Å². The molecule has 0 spiro atoms. The van der Waals surface area contributed by atoms with Gasteiger partial charge < -0.3 is 10.5 Å². The number of benzene rings is 2. The van der Waals surface area contributed by atoms with Gasteiger partial charge in [0, 0.05) is 17.5 Å². The van der Waals surface area contributed by atoms with E-state index in [0.717, 1.165) is 30.3 Å². The van der Waals surface area contributed by atoms with Gasteiger partial charge in [-0.15, -0.1) is 0 Å². The van der Waals surface area contributed by atoms with Crippen LogP contribution < -0.4 is 10.5 Å². The van der Waals surface area contributed by atoms with Gasteiger partial charge >= 0.3 is 0 Å². The first-order valence-electron chi connectivity index (χ1n) is 6.74. The molecule has 0 aromatic heterocycles. The lowest BCUT2D eigenvalue weighted by atomic mass is 10.1. The molecule has 0 saturated heterocycles. The first kappa shape index (κ1) is 14.2. The van der Waals surface area contributed by atoms with Gasteiger partial charge in [-0.05, 0) is 29.3 Å². The van der Waals surface area contributed by atoms with Crippen molar-refractivity contribution < 1.29 is 4.74 Å². The highest BCUT2D eigenvalue weighted by atomic mass is 32.2. The van der Waals surface area contributed by atoms with Gasteiger partial charge in [-0.2, -0.15) is 11.8 Å². The van der Waals surface area contributed by atoms with Crippen LogP contribution in [-0.2, 0) is 0 Å². The lowest BCUT2D eigenvalue weighted by molar-refractivity contribution is 0.344. The van der Waals surface area contributed by atoms with Crippen molar-refractivity contribution in [3.63, 3.8) is 0 Å². The molecule has 3 heteroatoms. The van der Waals surface area contributed by atoms with Gasteiger partial charge in [0.25, 0.3) is 0 Å². The van der Waals surface area contributed by atoms with E-state index in [0.29, 0.717) is 6.04 Å². The molecule has 19 heavy (non-hydrogen) atoms. The van der Waals surface area contributed by atoms with Gasteiger partial charge in [-0.3, -0.25) is 0 Å². The molecule has 0 bridgehead atoms. The summed E-state index contributed by atoms with van der Waals surface area (Å²) >= 11 is 1.86. The normalized spacial score (nSPS) is 12.5. The van der Waals surface area contributed by atoms with Crippen LogP contribution in [0.3, 0.4) is 0 Å². The first-order valence-corrected chi connectivity index (χ1v) is 7.90. The third-order valence-electron chi connectivity index (χ3n) is 3.07. The number of hydrogen-bond acceptors (Lipinski definition) is 3. The molecule has 2 rings (SSSR count). The van der Waals surface area contributed by atoms with E-state index in [2.05, 4.69) is 37.3 Å². The first-order chi connectivity index (χ1) is 9.29. The third-order valence-corrected chi connectivity index (χ3v) is 4.19. The average molecular weight is 275 g/mol. The predicted molar refractivity (Wildman–Crippen MR) is 85.0 cm³/mol. The topological polar surface area (TPSA) is 35.2 Å². The van der Waals surface area contributed by atoms with Crippen LogP contribution in [-0.4, -0.2) is 24.2 Å². The molecule has 2 N–H and O–H groups in total. The number of thioether (sulfide) groups is 1. The Balaban J connectivity index is 1.78. The Morgan fingerprint density at radius 3 is 2.74 bits per heavy atom. The van der Waals surface area contributed by atoms with Gasteiger partial charge in [0.2, 0.25) is 0 Å². The third kappa shape index (κ3) is 4.44. The molecule has 2 aromatic rings. The monoisotopic (exact) mass is 275 g/mol. The summed E-state index contributed by atoms with van der Waals surface area (Å²) in [4.78, 5) is 0. The molecule has 0 saturated carbocycles. The van der Waals surface area contributed by atoms with E-state index in [1.54, 1.807) is 0 Å². The fourth-order valence-corrected chi connectivity index (χ4v) is 2.73. The van der Waals surface area contributed by atoms with Crippen molar-refractivity contribution in [3.8, 4) is 5.75 Å². The molecule has 1 atom stereocenters. The van der Waals surface area contributed by atoms with E-state index in [9.17, 15) is 0 Å². The number of rotatable bonds is 7. The highest BCUT2D eigenvalue weighted by Gasteiger charge is 2.00.